The topological polar surface area (TPSA) is 21.3 Å². The van der Waals surface area contributed by atoms with E-state index < -0.39 is 0 Å². The monoisotopic (exact) mass is 281 g/mol. The first-order valence-electron chi connectivity index (χ1n) is 7.18. The summed E-state index contributed by atoms with van der Waals surface area (Å²) < 4.78 is 5.42. The Morgan fingerprint density at radius 2 is 2.00 bits per heavy atom. The number of methoxy groups -OCH3 is 1. The number of piperidine rings is 1. The first-order chi connectivity index (χ1) is 9.11. The molecule has 0 bridgehead atoms. The Kier molecular flexibility index (Phi) is 5.12. The van der Waals surface area contributed by atoms with Crippen molar-refractivity contribution in [2.45, 2.75) is 39.0 Å². The summed E-state index contributed by atoms with van der Waals surface area (Å²) >= 11 is 6.46. The van der Waals surface area contributed by atoms with E-state index in [-0.39, 0.29) is 0 Å². The Morgan fingerprint density at radius 1 is 1.32 bits per heavy atom. The summed E-state index contributed by atoms with van der Waals surface area (Å²) in [6.45, 7) is 6.67. The summed E-state index contributed by atoms with van der Waals surface area (Å²) in [7, 11) is 1.69. The number of benzene rings is 1. The van der Waals surface area contributed by atoms with E-state index in [9.17, 15) is 0 Å². The largest absolute Gasteiger partial charge is 0.495 e. The van der Waals surface area contributed by atoms with Gasteiger partial charge in [0.1, 0.15) is 5.75 Å². The van der Waals surface area contributed by atoms with Crippen LogP contribution in [0.25, 0.3) is 0 Å². The lowest BCUT2D eigenvalue weighted by atomic mass is 9.89. The molecule has 0 saturated carbocycles. The zero-order valence-corrected chi connectivity index (χ0v) is 12.9. The van der Waals surface area contributed by atoms with Crippen LogP contribution in [0, 0.1) is 5.92 Å². The van der Waals surface area contributed by atoms with Crippen LogP contribution in [0.3, 0.4) is 0 Å². The van der Waals surface area contributed by atoms with Crippen molar-refractivity contribution in [2.75, 3.05) is 20.2 Å². The summed E-state index contributed by atoms with van der Waals surface area (Å²) in [6, 6.07) is 4.33. The number of rotatable bonds is 4. The molecule has 3 heteroatoms. The summed E-state index contributed by atoms with van der Waals surface area (Å²) in [5.74, 6) is 2.06. The Labute approximate surface area is 121 Å². The summed E-state index contributed by atoms with van der Waals surface area (Å²) in [5, 5.41) is 4.21. The van der Waals surface area contributed by atoms with Crippen LogP contribution in [0.5, 0.6) is 5.75 Å². The van der Waals surface area contributed by atoms with Gasteiger partial charge in [-0.2, -0.15) is 0 Å². The fourth-order valence-electron chi connectivity index (χ4n) is 2.71. The molecular weight excluding hydrogens is 258 g/mol. The molecule has 0 amide bonds. The number of hydrogen-bond acceptors (Lipinski definition) is 2. The molecule has 0 radical (unpaired) electrons. The minimum absolute atomic E-state index is 0.498. The molecule has 1 N–H and O–H groups in total. The highest BCUT2D eigenvalue weighted by Gasteiger charge is 2.18. The fraction of sp³-hybridized carbons (Fsp3) is 0.625. The van der Waals surface area contributed by atoms with Crippen molar-refractivity contribution >= 4 is 11.6 Å². The number of hydrogen-bond donors (Lipinski definition) is 1. The first kappa shape index (κ1) is 14.7. The number of ether oxygens (including phenoxy) is 1. The average molecular weight is 282 g/mol. The van der Waals surface area contributed by atoms with Crippen molar-refractivity contribution < 1.29 is 4.74 Å². The van der Waals surface area contributed by atoms with Gasteiger partial charge in [-0.25, -0.2) is 0 Å². The highest BCUT2D eigenvalue weighted by Crippen LogP contribution is 2.34. The maximum absolute atomic E-state index is 6.46. The molecular formula is C16H24ClNO. The van der Waals surface area contributed by atoms with Gasteiger partial charge in [0.15, 0.2) is 0 Å². The molecule has 1 aromatic carbocycles. The second-order valence-electron chi connectivity index (χ2n) is 5.75. The predicted molar refractivity (Wildman–Crippen MR) is 81.4 cm³/mol. The maximum atomic E-state index is 6.46. The Balaban J connectivity index is 2.24. The average Bonchev–Trinajstić information content (AvgIpc) is 2.42. The third kappa shape index (κ3) is 3.64. The predicted octanol–water partition coefficient (Wildman–Crippen LogP) is 4.01. The molecule has 1 aromatic rings. The van der Waals surface area contributed by atoms with Crippen LogP contribution in [0.15, 0.2) is 12.1 Å². The second-order valence-corrected chi connectivity index (χ2v) is 6.13. The van der Waals surface area contributed by atoms with Crippen molar-refractivity contribution in [1.29, 1.82) is 0 Å². The van der Waals surface area contributed by atoms with Gasteiger partial charge in [-0.15, -0.1) is 0 Å². The van der Waals surface area contributed by atoms with E-state index in [1.54, 1.807) is 7.11 Å². The van der Waals surface area contributed by atoms with E-state index in [0.717, 1.165) is 36.2 Å². The van der Waals surface area contributed by atoms with Gasteiger partial charge in [0.2, 0.25) is 0 Å². The van der Waals surface area contributed by atoms with E-state index in [4.69, 9.17) is 16.3 Å². The zero-order valence-electron chi connectivity index (χ0n) is 12.1. The molecule has 1 fully saturated rings. The van der Waals surface area contributed by atoms with Gasteiger partial charge in [0, 0.05) is 0 Å². The van der Waals surface area contributed by atoms with Crippen molar-refractivity contribution in [3.63, 3.8) is 0 Å². The van der Waals surface area contributed by atoms with E-state index in [0.29, 0.717) is 5.92 Å². The van der Waals surface area contributed by atoms with Crippen molar-refractivity contribution in [3.05, 3.63) is 28.3 Å². The SMILES string of the molecule is COc1cc(C(C)C)cc(CC2CCNCC2)c1Cl. The second kappa shape index (κ2) is 6.62. The van der Waals surface area contributed by atoms with Gasteiger partial charge >= 0.3 is 0 Å². The molecule has 2 rings (SSSR count). The lowest BCUT2D eigenvalue weighted by Gasteiger charge is -2.24. The van der Waals surface area contributed by atoms with E-state index >= 15 is 0 Å². The van der Waals surface area contributed by atoms with Gasteiger partial charge in [-0.3, -0.25) is 0 Å². The quantitative estimate of drug-likeness (QED) is 0.900. The van der Waals surface area contributed by atoms with Crippen LogP contribution in [0.4, 0.5) is 0 Å². The van der Waals surface area contributed by atoms with E-state index in [1.807, 2.05) is 0 Å². The first-order valence-corrected chi connectivity index (χ1v) is 7.56. The summed E-state index contributed by atoms with van der Waals surface area (Å²) in [5.41, 5.74) is 2.56. The molecule has 19 heavy (non-hydrogen) atoms. The molecule has 0 atom stereocenters. The van der Waals surface area contributed by atoms with Crippen molar-refractivity contribution in [1.82, 2.24) is 5.32 Å². The summed E-state index contributed by atoms with van der Waals surface area (Å²) in [6.07, 6.45) is 3.55. The standard InChI is InChI=1S/C16H24ClNO/c1-11(2)13-9-14(16(17)15(10-13)19-3)8-12-4-6-18-7-5-12/h9-12,18H,4-8H2,1-3H3. The van der Waals surface area contributed by atoms with Crippen LogP contribution in [0.2, 0.25) is 5.02 Å². The molecule has 0 spiro atoms. The molecule has 1 aliphatic rings. The maximum Gasteiger partial charge on any atom is 0.138 e. The minimum Gasteiger partial charge on any atom is -0.495 e. The van der Waals surface area contributed by atoms with Gasteiger partial charge in [0.25, 0.3) is 0 Å². The van der Waals surface area contributed by atoms with Crippen molar-refractivity contribution in [3.8, 4) is 5.75 Å². The normalized spacial score (nSPS) is 16.9. The van der Waals surface area contributed by atoms with Gasteiger partial charge < -0.3 is 10.1 Å². The number of halogens is 1. The third-order valence-electron chi connectivity index (χ3n) is 3.99. The molecule has 0 unspecified atom stereocenters. The Hall–Kier alpha value is -0.730. The molecule has 106 valence electrons. The lowest BCUT2D eigenvalue weighted by Crippen LogP contribution is -2.28. The van der Waals surface area contributed by atoms with Crippen LogP contribution >= 0.6 is 11.6 Å². The van der Waals surface area contributed by atoms with Gasteiger partial charge in [0.05, 0.1) is 12.1 Å². The van der Waals surface area contributed by atoms with Gasteiger partial charge in [-0.05, 0) is 61.4 Å². The molecule has 1 heterocycles. The molecule has 2 nitrogen and oxygen atoms in total. The van der Waals surface area contributed by atoms with Crippen LogP contribution in [-0.4, -0.2) is 20.2 Å². The third-order valence-corrected chi connectivity index (χ3v) is 4.42. The molecule has 0 aliphatic carbocycles. The highest BCUT2D eigenvalue weighted by atomic mass is 35.5. The Bertz CT molecular complexity index is 425. The molecule has 1 saturated heterocycles. The lowest BCUT2D eigenvalue weighted by molar-refractivity contribution is 0.371. The minimum atomic E-state index is 0.498. The van der Waals surface area contributed by atoms with E-state index in [1.165, 1.54) is 24.0 Å². The highest BCUT2D eigenvalue weighted by molar-refractivity contribution is 6.32. The molecule has 0 aromatic heterocycles. The number of nitrogens with one attached hydrogen (secondary N) is 1. The Morgan fingerprint density at radius 3 is 2.58 bits per heavy atom. The fourth-order valence-corrected chi connectivity index (χ4v) is 2.97. The van der Waals surface area contributed by atoms with Crippen molar-refractivity contribution in [2.24, 2.45) is 5.92 Å². The smallest absolute Gasteiger partial charge is 0.138 e. The summed E-state index contributed by atoms with van der Waals surface area (Å²) in [4.78, 5) is 0. The van der Waals surface area contributed by atoms with E-state index in [2.05, 4.69) is 31.3 Å². The molecule has 1 aliphatic heterocycles. The van der Waals surface area contributed by atoms with Gasteiger partial charge in [-0.1, -0.05) is 31.5 Å². The van der Waals surface area contributed by atoms with Crippen LogP contribution in [0.1, 0.15) is 43.7 Å². The van der Waals surface area contributed by atoms with Crippen LogP contribution in [-0.2, 0) is 6.42 Å². The van der Waals surface area contributed by atoms with Crippen LogP contribution < -0.4 is 10.1 Å². The zero-order chi connectivity index (χ0) is 13.8.